The molecule has 1 aliphatic heterocycles. The first-order valence-corrected chi connectivity index (χ1v) is 12.8. The molecule has 1 fully saturated rings. The second kappa shape index (κ2) is 13.0. The summed E-state index contributed by atoms with van der Waals surface area (Å²) in [6.07, 6.45) is 8.89. The second-order valence-corrected chi connectivity index (χ2v) is 10.3. The second-order valence-electron chi connectivity index (χ2n) is 8.62. The van der Waals surface area contributed by atoms with Crippen molar-refractivity contribution in [2.45, 2.75) is 78.4 Å². The highest BCUT2D eigenvalue weighted by molar-refractivity contribution is 8.26. The van der Waals surface area contributed by atoms with Gasteiger partial charge in [-0.3, -0.25) is 9.69 Å². The van der Waals surface area contributed by atoms with E-state index in [4.69, 9.17) is 21.7 Å². The molecule has 8 heteroatoms. The number of hydrogen-bond donors (Lipinski definition) is 1. The SMILES string of the molecule is CCCCCCC[C@H](C)Oc1ccc(/C=C2/SC(=S)N([C@@H](C(=O)O)C(C)C)C2=O)cc1OC. The highest BCUT2D eigenvalue weighted by Gasteiger charge is 2.41. The number of aliphatic carboxylic acids is 1. The Balaban J connectivity index is 2.11. The summed E-state index contributed by atoms with van der Waals surface area (Å²) in [6, 6.07) is 4.52. The lowest BCUT2D eigenvalue weighted by atomic mass is 10.0. The van der Waals surface area contributed by atoms with Crippen LogP contribution in [0.2, 0.25) is 0 Å². The number of hydrogen-bond acceptors (Lipinski definition) is 6. The van der Waals surface area contributed by atoms with E-state index >= 15 is 0 Å². The molecular formula is C25H35NO5S2. The number of methoxy groups -OCH3 is 1. The number of nitrogens with zero attached hydrogens (tertiary/aromatic N) is 1. The summed E-state index contributed by atoms with van der Waals surface area (Å²) >= 11 is 6.44. The number of thioether (sulfide) groups is 1. The number of carbonyl (C=O) groups excluding carboxylic acids is 1. The lowest BCUT2D eigenvalue weighted by molar-refractivity contribution is -0.146. The van der Waals surface area contributed by atoms with Gasteiger partial charge in [-0.15, -0.1) is 0 Å². The Morgan fingerprint density at radius 3 is 2.48 bits per heavy atom. The number of carboxylic acids is 1. The summed E-state index contributed by atoms with van der Waals surface area (Å²) in [5.74, 6) is -0.474. The summed E-state index contributed by atoms with van der Waals surface area (Å²) in [5.41, 5.74) is 0.753. The van der Waals surface area contributed by atoms with E-state index in [1.807, 2.05) is 18.2 Å². The molecular weight excluding hydrogens is 458 g/mol. The van der Waals surface area contributed by atoms with Crippen LogP contribution in [0.1, 0.15) is 71.8 Å². The van der Waals surface area contributed by atoms with Gasteiger partial charge in [0.15, 0.2) is 11.5 Å². The van der Waals surface area contributed by atoms with Gasteiger partial charge in [0.05, 0.1) is 18.1 Å². The maximum Gasteiger partial charge on any atom is 0.327 e. The number of thiocarbonyl (C=S) groups is 1. The molecule has 1 N–H and O–H groups in total. The summed E-state index contributed by atoms with van der Waals surface area (Å²) in [6.45, 7) is 7.79. The first kappa shape index (κ1) is 27.2. The lowest BCUT2D eigenvalue weighted by Gasteiger charge is -2.26. The monoisotopic (exact) mass is 493 g/mol. The molecule has 0 aromatic heterocycles. The highest BCUT2D eigenvalue weighted by Crippen LogP contribution is 2.37. The van der Waals surface area contributed by atoms with Crippen molar-refractivity contribution in [3.8, 4) is 11.5 Å². The largest absolute Gasteiger partial charge is 0.493 e. The molecule has 0 aliphatic carbocycles. The summed E-state index contributed by atoms with van der Waals surface area (Å²) in [4.78, 5) is 26.2. The van der Waals surface area contributed by atoms with Crippen LogP contribution in [0.3, 0.4) is 0 Å². The quantitative estimate of drug-likeness (QED) is 0.201. The molecule has 1 aliphatic rings. The van der Waals surface area contributed by atoms with Crippen LogP contribution in [0.25, 0.3) is 6.08 Å². The highest BCUT2D eigenvalue weighted by atomic mass is 32.2. The van der Waals surface area contributed by atoms with E-state index in [1.165, 1.54) is 30.6 Å². The van der Waals surface area contributed by atoms with Crippen molar-refractivity contribution in [3.05, 3.63) is 28.7 Å². The van der Waals surface area contributed by atoms with Crippen molar-refractivity contribution >= 4 is 46.3 Å². The molecule has 1 amide bonds. The maximum absolute atomic E-state index is 12.9. The number of benzene rings is 1. The van der Waals surface area contributed by atoms with Crippen molar-refractivity contribution in [3.63, 3.8) is 0 Å². The number of unbranched alkanes of at least 4 members (excludes halogenated alkanes) is 4. The van der Waals surface area contributed by atoms with Crippen LogP contribution in [-0.2, 0) is 9.59 Å². The van der Waals surface area contributed by atoms with Crippen LogP contribution in [0.4, 0.5) is 0 Å². The van der Waals surface area contributed by atoms with Gasteiger partial charge in [-0.25, -0.2) is 4.79 Å². The Morgan fingerprint density at radius 2 is 1.88 bits per heavy atom. The van der Waals surface area contributed by atoms with Gasteiger partial charge in [-0.1, -0.05) is 76.5 Å². The lowest BCUT2D eigenvalue weighted by Crippen LogP contribution is -2.47. The number of carbonyl (C=O) groups is 2. The molecule has 33 heavy (non-hydrogen) atoms. The fourth-order valence-corrected chi connectivity index (χ4v) is 5.08. The van der Waals surface area contributed by atoms with Gasteiger partial charge in [0.2, 0.25) is 0 Å². The maximum atomic E-state index is 12.9. The standard InChI is InChI=1S/C25H35NO5S2/c1-6-7-8-9-10-11-17(4)31-19-13-12-18(14-20(19)30-5)15-21-23(27)26(25(32)33-21)22(16(2)3)24(28)29/h12-17,22H,6-11H2,1-5H3,(H,28,29)/b21-15+/t17-,22+/m0/s1. The topological polar surface area (TPSA) is 76.1 Å². The average molecular weight is 494 g/mol. The minimum atomic E-state index is -1.06. The van der Waals surface area contributed by atoms with Gasteiger partial charge in [0, 0.05) is 0 Å². The van der Waals surface area contributed by atoms with E-state index in [2.05, 4.69) is 13.8 Å². The number of amides is 1. The van der Waals surface area contributed by atoms with Crippen molar-refractivity contribution in [2.24, 2.45) is 5.92 Å². The molecule has 2 rings (SSSR count). The van der Waals surface area contributed by atoms with Gasteiger partial charge in [0.25, 0.3) is 5.91 Å². The number of carboxylic acid groups (broad SMARTS) is 1. The molecule has 2 atom stereocenters. The van der Waals surface area contributed by atoms with E-state index < -0.39 is 12.0 Å². The first-order valence-electron chi connectivity index (χ1n) is 11.5. The number of ether oxygens (including phenoxy) is 2. The Bertz CT molecular complexity index is 884. The molecule has 6 nitrogen and oxygen atoms in total. The molecule has 1 aromatic rings. The van der Waals surface area contributed by atoms with Crippen LogP contribution in [0.5, 0.6) is 11.5 Å². The van der Waals surface area contributed by atoms with Gasteiger partial charge in [-0.05, 0) is 49.5 Å². The Labute approximate surface area is 206 Å². The van der Waals surface area contributed by atoms with Gasteiger partial charge >= 0.3 is 5.97 Å². The molecule has 0 bridgehead atoms. The molecule has 1 heterocycles. The van der Waals surface area contributed by atoms with Crippen LogP contribution in [0.15, 0.2) is 23.1 Å². The van der Waals surface area contributed by atoms with Crippen LogP contribution >= 0.6 is 24.0 Å². The first-order chi connectivity index (χ1) is 15.7. The predicted molar refractivity (Wildman–Crippen MR) is 138 cm³/mol. The fourth-order valence-electron chi connectivity index (χ4n) is 3.75. The normalized spacial score (nSPS) is 17.0. The van der Waals surface area contributed by atoms with Crippen LogP contribution in [0, 0.1) is 5.92 Å². The smallest absolute Gasteiger partial charge is 0.327 e. The fraction of sp³-hybridized carbons (Fsp3) is 0.560. The molecule has 0 spiro atoms. The Morgan fingerprint density at radius 1 is 1.18 bits per heavy atom. The molecule has 0 radical (unpaired) electrons. The minimum Gasteiger partial charge on any atom is -0.493 e. The molecule has 0 saturated carbocycles. The third kappa shape index (κ3) is 7.47. The molecule has 1 saturated heterocycles. The van der Waals surface area contributed by atoms with Crippen molar-refractivity contribution in [1.29, 1.82) is 0 Å². The third-order valence-electron chi connectivity index (χ3n) is 5.51. The van der Waals surface area contributed by atoms with Crippen LogP contribution in [-0.4, -0.2) is 45.5 Å². The minimum absolute atomic E-state index is 0.0756. The van der Waals surface area contributed by atoms with E-state index in [9.17, 15) is 14.7 Å². The number of rotatable bonds is 13. The Hall–Kier alpha value is -2.06. The van der Waals surface area contributed by atoms with Crippen molar-refractivity contribution < 1.29 is 24.2 Å². The van der Waals surface area contributed by atoms with E-state index in [0.29, 0.717) is 16.4 Å². The summed E-state index contributed by atoms with van der Waals surface area (Å²) in [7, 11) is 1.58. The molecule has 182 valence electrons. The van der Waals surface area contributed by atoms with E-state index in [0.717, 1.165) is 30.2 Å². The summed E-state index contributed by atoms with van der Waals surface area (Å²) in [5, 5.41) is 9.57. The van der Waals surface area contributed by atoms with Gasteiger partial charge < -0.3 is 14.6 Å². The van der Waals surface area contributed by atoms with E-state index in [-0.39, 0.29) is 22.2 Å². The third-order valence-corrected chi connectivity index (χ3v) is 6.84. The Kier molecular flexibility index (Phi) is 10.7. The molecule has 1 aromatic carbocycles. The zero-order valence-electron chi connectivity index (χ0n) is 20.1. The predicted octanol–water partition coefficient (Wildman–Crippen LogP) is 6.13. The van der Waals surface area contributed by atoms with Crippen molar-refractivity contribution in [1.82, 2.24) is 4.90 Å². The molecule has 0 unspecified atom stereocenters. The van der Waals surface area contributed by atoms with Crippen LogP contribution < -0.4 is 9.47 Å². The van der Waals surface area contributed by atoms with Crippen molar-refractivity contribution in [2.75, 3.05) is 7.11 Å². The average Bonchev–Trinajstić information content (AvgIpc) is 3.02. The van der Waals surface area contributed by atoms with Gasteiger partial charge in [-0.2, -0.15) is 0 Å². The van der Waals surface area contributed by atoms with E-state index in [1.54, 1.807) is 27.0 Å². The zero-order chi connectivity index (χ0) is 24.5. The van der Waals surface area contributed by atoms with Gasteiger partial charge in [0.1, 0.15) is 10.4 Å². The summed E-state index contributed by atoms with van der Waals surface area (Å²) < 4.78 is 11.9. The zero-order valence-corrected chi connectivity index (χ0v) is 21.8.